The van der Waals surface area contributed by atoms with E-state index < -0.39 is 62.9 Å². The molecule has 2 aliphatic rings. The van der Waals surface area contributed by atoms with E-state index in [1.54, 1.807) is 23.1 Å². The number of alkyl halides is 6. The molecule has 2 fully saturated rings. The van der Waals surface area contributed by atoms with Crippen molar-refractivity contribution in [1.82, 2.24) is 9.80 Å². The molecule has 0 bridgehead atoms. The molecule has 0 radical (unpaired) electrons. The van der Waals surface area contributed by atoms with Gasteiger partial charge in [-0.05, 0) is 82.8 Å². The monoisotopic (exact) mass is 619 g/mol. The Bertz CT molecular complexity index is 1330. The number of rotatable bonds is 8. The van der Waals surface area contributed by atoms with E-state index in [1.807, 2.05) is 20.9 Å². The van der Waals surface area contributed by atoms with Crippen LogP contribution in [0.5, 0.6) is 0 Å². The minimum atomic E-state index is -5.01. The first-order chi connectivity index (χ1) is 19.5. The molecule has 4 rings (SSSR count). The number of sulfone groups is 1. The van der Waals surface area contributed by atoms with E-state index in [0.717, 1.165) is 0 Å². The van der Waals surface area contributed by atoms with Crippen LogP contribution in [0.15, 0.2) is 53.4 Å². The molecular weight excluding hydrogens is 584 g/mol. The second kappa shape index (κ2) is 12.1. The van der Waals surface area contributed by atoms with Crippen LogP contribution >= 0.6 is 0 Å². The van der Waals surface area contributed by atoms with Gasteiger partial charge in [0.2, 0.25) is 5.91 Å². The maximum atomic E-state index is 13.5. The SMILES string of the molecule is CC(C)N(C)C1CCC(N2CCC(Nc3cc(C(F)(F)F)cc(C(F)(F)F)c3)C2=O)C(CS(=O)(=O)c2ccccc2)C1. The van der Waals surface area contributed by atoms with Crippen molar-refractivity contribution in [3.63, 3.8) is 0 Å². The first-order valence-electron chi connectivity index (χ1n) is 13.8. The molecule has 6 nitrogen and oxygen atoms in total. The van der Waals surface area contributed by atoms with Crippen LogP contribution in [0.25, 0.3) is 0 Å². The number of carbonyl (C=O) groups excluding carboxylic acids is 1. The van der Waals surface area contributed by atoms with Gasteiger partial charge in [-0.15, -0.1) is 0 Å². The van der Waals surface area contributed by atoms with E-state index in [2.05, 4.69) is 10.2 Å². The van der Waals surface area contributed by atoms with Gasteiger partial charge in [0, 0.05) is 30.4 Å². The van der Waals surface area contributed by atoms with Gasteiger partial charge in [-0.2, -0.15) is 26.3 Å². The van der Waals surface area contributed by atoms with E-state index in [0.29, 0.717) is 31.4 Å². The van der Waals surface area contributed by atoms with Gasteiger partial charge < -0.3 is 15.1 Å². The predicted octanol–water partition coefficient (Wildman–Crippen LogP) is 6.09. The molecule has 1 saturated carbocycles. The standard InChI is InChI=1S/C29H35F6N3O3S/c1-18(2)37(3)23-9-10-26(19(13-23)17-42(40,41)24-7-5-4-6-8-24)38-12-11-25(27(38)39)36-22-15-20(28(30,31)32)14-21(16-22)29(33,34)35/h4-8,14-16,18-19,23,25-26,36H,9-13,17H2,1-3H3. The molecule has 0 spiro atoms. The Labute approximate surface area is 242 Å². The lowest BCUT2D eigenvalue weighted by Crippen LogP contribution is -2.52. The quantitative estimate of drug-likeness (QED) is 0.363. The maximum Gasteiger partial charge on any atom is 0.416 e. The number of hydrogen-bond acceptors (Lipinski definition) is 5. The maximum absolute atomic E-state index is 13.5. The van der Waals surface area contributed by atoms with Crippen molar-refractivity contribution in [2.24, 2.45) is 5.92 Å². The van der Waals surface area contributed by atoms with Gasteiger partial charge in [0.25, 0.3) is 0 Å². The minimum Gasteiger partial charge on any atom is -0.374 e. The number of nitrogens with zero attached hydrogens (tertiary/aromatic N) is 2. The summed E-state index contributed by atoms with van der Waals surface area (Å²) in [7, 11) is -1.72. The van der Waals surface area contributed by atoms with Crippen molar-refractivity contribution in [1.29, 1.82) is 0 Å². The molecule has 1 aliphatic heterocycles. The number of nitrogens with one attached hydrogen (secondary N) is 1. The second-order valence-corrected chi connectivity index (χ2v) is 13.5. The molecule has 2 aromatic rings. The summed E-state index contributed by atoms with van der Waals surface area (Å²) in [6.07, 6.45) is -8.11. The fraction of sp³-hybridized carbons (Fsp3) is 0.552. The average molecular weight is 620 g/mol. The summed E-state index contributed by atoms with van der Waals surface area (Å²) in [5.74, 6) is -1.07. The Morgan fingerprint density at radius 3 is 2.10 bits per heavy atom. The van der Waals surface area contributed by atoms with Gasteiger partial charge in [0.1, 0.15) is 6.04 Å². The van der Waals surface area contributed by atoms with Crippen LogP contribution in [0.1, 0.15) is 50.7 Å². The Morgan fingerprint density at radius 1 is 0.952 bits per heavy atom. The van der Waals surface area contributed by atoms with E-state index in [9.17, 15) is 39.6 Å². The third kappa shape index (κ3) is 7.21. The molecule has 4 unspecified atom stereocenters. The molecule has 1 aliphatic carbocycles. The van der Waals surface area contributed by atoms with E-state index in [-0.39, 0.29) is 41.8 Å². The summed E-state index contributed by atoms with van der Waals surface area (Å²) in [4.78, 5) is 17.5. The normalized spacial score (nSPS) is 24.1. The van der Waals surface area contributed by atoms with E-state index >= 15 is 0 Å². The van der Waals surface area contributed by atoms with Crippen molar-refractivity contribution in [2.75, 3.05) is 24.7 Å². The summed E-state index contributed by atoms with van der Waals surface area (Å²) in [6.45, 7) is 4.29. The van der Waals surface area contributed by atoms with Crippen LogP contribution in [0, 0.1) is 5.92 Å². The van der Waals surface area contributed by atoms with Crippen molar-refractivity contribution in [3.05, 3.63) is 59.7 Å². The molecule has 42 heavy (non-hydrogen) atoms. The molecule has 232 valence electrons. The topological polar surface area (TPSA) is 69.7 Å². The third-order valence-corrected chi connectivity index (χ3v) is 10.3. The van der Waals surface area contributed by atoms with Crippen molar-refractivity contribution >= 4 is 21.4 Å². The first-order valence-corrected chi connectivity index (χ1v) is 15.5. The zero-order valence-corrected chi connectivity index (χ0v) is 24.4. The summed E-state index contributed by atoms with van der Waals surface area (Å²) in [6, 6.07) is 8.03. The molecule has 4 atom stereocenters. The zero-order valence-electron chi connectivity index (χ0n) is 23.5. The first kappa shape index (κ1) is 32.1. The Hall–Kier alpha value is -2.80. The largest absolute Gasteiger partial charge is 0.416 e. The van der Waals surface area contributed by atoms with E-state index in [1.165, 1.54) is 12.1 Å². The Morgan fingerprint density at radius 2 is 1.55 bits per heavy atom. The number of benzene rings is 2. The number of anilines is 1. The molecule has 13 heteroatoms. The highest BCUT2D eigenvalue weighted by atomic mass is 32.2. The summed E-state index contributed by atoms with van der Waals surface area (Å²) in [5, 5.41) is 2.60. The Balaban J connectivity index is 1.58. The molecule has 1 saturated heterocycles. The van der Waals surface area contributed by atoms with Gasteiger partial charge in [-0.3, -0.25) is 4.79 Å². The van der Waals surface area contributed by atoms with Gasteiger partial charge >= 0.3 is 12.4 Å². The van der Waals surface area contributed by atoms with Gasteiger partial charge in [-0.1, -0.05) is 18.2 Å². The molecule has 1 amide bonds. The minimum absolute atomic E-state index is 0.0400. The second-order valence-electron chi connectivity index (χ2n) is 11.5. The average Bonchev–Trinajstić information content (AvgIpc) is 3.26. The molecule has 2 aromatic carbocycles. The van der Waals surface area contributed by atoms with Crippen LogP contribution in [-0.2, 0) is 27.0 Å². The van der Waals surface area contributed by atoms with Crippen LogP contribution < -0.4 is 5.32 Å². The van der Waals surface area contributed by atoms with Gasteiger partial charge in [0.15, 0.2) is 9.84 Å². The highest BCUT2D eigenvalue weighted by Gasteiger charge is 2.44. The lowest BCUT2D eigenvalue weighted by atomic mass is 9.81. The number of amides is 1. The van der Waals surface area contributed by atoms with Crippen LogP contribution in [0.4, 0.5) is 32.0 Å². The fourth-order valence-corrected chi connectivity index (χ4v) is 7.70. The lowest BCUT2D eigenvalue weighted by Gasteiger charge is -2.44. The Kier molecular flexibility index (Phi) is 9.23. The smallest absolute Gasteiger partial charge is 0.374 e. The molecular formula is C29H35F6N3O3S. The highest BCUT2D eigenvalue weighted by Crippen LogP contribution is 2.39. The zero-order chi connectivity index (χ0) is 31.0. The van der Waals surface area contributed by atoms with Crippen molar-refractivity contribution < 1.29 is 39.6 Å². The lowest BCUT2D eigenvalue weighted by molar-refractivity contribution is -0.143. The summed E-state index contributed by atoms with van der Waals surface area (Å²) in [5.41, 5.74) is -3.40. The van der Waals surface area contributed by atoms with Crippen LogP contribution in [0.3, 0.4) is 0 Å². The van der Waals surface area contributed by atoms with E-state index in [4.69, 9.17) is 0 Å². The third-order valence-electron chi connectivity index (χ3n) is 8.41. The number of hydrogen-bond donors (Lipinski definition) is 1. The van der Waals surface area contributed by atoms with Crippen molar-refractivity contribution in [3.8, 4) is 0 Å². The van der Waals surface area contributed by atoms with Crippen molar-refractivity contribution in [2.45, 2.75) is 80.9 Å². The fourth-order valence-electron chi connectivity index (χ4n) is 6.01. The summed E-state index contributed by atoms with van der Waals surface area (Å²) < 4.78 is 107. The number of likely N-dealkylation sites (tertiary alicyclic amines) is 1. The number of halogens is 6. The van der Waals surface area contributed by atoms with Gasteiger partial charge in [0.05, 0.1) is 21.8 Å². The molecule has 1 heterocycles. The summed E-state index contributed by atoms with van der Waals surface area (Å²) >= 11 is 0. The molecule has 1 N–H and O–H groups in total. The van der Waals surface area contributed by atoms with Crippen LogP contribution in [-0.4, -0.2) is 67.6 Å². The van der Waals surface area contributed by atoms with Crippen LogP contribution in [0.2, 0.25) is 0 Å². The predicted molar refractivity (Wildman–Crippen MR) is 146 cm³/mol. The number of carbonyl (C=O) groups is 1. The molecule has 0 aromatic heterocycles. The van der Waals surface area contributed by atoms with Gasteiger partial charge in [-0.25, -0.2) is 8.42 Å². The highest BCUT2D eigenvalue weighted by molar-refractivity contribution is 7.91.